The Bertz CT molecular complexity index is 1280. The van der Waals surface area contributed by atoms with Crippen LogP contribution in [0.3, 0.4) is 0 Å². The average molecular weight is 635 g/mol. The summed E-state index contributed by atoms with van der Waals surface area (Å²) in [6, 6.07) is 0. The zero-order valence-corrected chi connectivity index (χ0v) is 27.6. The summed E-state index contributed by atoms with van der Waals surface area (Å²) in [5.74, 6) is 0.665. The summed E-state index contributed by atoms with van der Waals surface area (Å²) in [4.78, 5) is 0. The Labute approximate surface area is 266 Å². The maximum Gasteiger partial charge on any atom is 0.201 e. The number of fused-ring (bicyclic) bond motifs is 6. The third kappa shape index (κ3) is 3.37. The van der Waals surface area contributed by atoms with Gasteiger partial charge in [0, 0.05) is 18.3 Å². The largest absolute Gasteiger partial charge is 0.392 e. The first-order valence-electron chi connectivity index (χ1n) is 17.7. The fraction of sp³-hybridized carbons (Fsp3) is 1.00. The van der Waals surface area contributed by atoms with E-state index in [-0.39, 0.29) is 57.9 Å². The number of hydrogen-bond donors (Lipinski definition) is 5. The van der Waals surface area contributed by atoms with Crippen LogP contribution in [0.2, 0.25) is 0 Å². The molecular weight excluding hydrogens is 580 g/mol. The van der Waals surface area contributed by atoms with E-state index in [0.29, 0.717) is 24.2 Å². The van der Waals surface area contributed by atoms with Crippen molar-refractivity contribution >= 4 is 0 Å². The summed E-state index contributed by atoms with van der Waals surface area (Å²) < 4.78 is 31.2. The molecule has 0 aromatic carbocycles. The van der Waals surface area contributed by atoms with Crippen molar-refractivity contribution in [3.8, 4) is 0 Å². The van der Waals surface area contributed by atoms with E-state index in [1.54, 1.807) is 0 Å². The van der Waals surface area contributed by atoms with Crippen LogP contribution in [-0.2, 0) is 23.7 Å². The van der Waals surface area contributed by atoms with Crippen LogP contribution in [0.4, 0.5) is 0 Å². The van der Waals surface area contributed by atoms with E-state index in [1.807, 2.05) is 6.92 Å². The average Bonchev–Trinajstić information content (AvgIpc) is 3.82. The van der Waals surface area contributed by atoms with E-state index in [0.717, 1.165) is 44.9 Å². The lowest BCUT2D eigenvalue weighted by Crippen LogP contribution is -2.63. The topological polar surface area (TPSA) is 151 Å². The lowest BCUT2D eigenvalue weighted by Gasteiger charge is -2.64. The molecule has 3 spiro atoms. The minimum absolute atomic E-state index is 0.0476. The molecule has 19 atom stereocenters. The number of rotatable bonds is 2. The second kappa shape index (κ2) is 8.84. The highest BCUT2D eigenvalue weighted by atomic mass is 16.8. The molecule has 19 unspecified atom stereocenters. The molecule has 10 heteroatoms. The van der Waals surface area contributed by atoms with Crippen molar-refractivity contribution in [2.75, 3.05) is 6.61 Å². The summed E-state index contributed by atoms with van der Waals surface area (Å²) in [5.41, 5.74) is -0.855. The van der Waals surface area contributed by atoms with E-state index in [9.17, 15) is 25.5 Å². The summed E-state index contributed by atoms with van der Waals surface area (Å²) in [7, 11) is 0. The van der Waals surface area contributed by atoms with E-state index in [4.69, 9.17) is 23.7 Å². The molecule has 254 valence electrons. The zero-order chi connectivity index (χ0) is 31.9. The van der Waals surface area contributed by atoms with Gasteiger partial charge >= 0.3 is 0 Å². The number of hydrogen-bond acceptors (Lipinski definition) is 10. The maximum absolute atomic E-state index is 12.1. The predicted octanol–water partition coefficient (Wildman–Crippen LogP) is 2.46. The summed E-state index contributed by atoms with van der Waals surface area (Å²) >= 11 is 0. The van der Waals surface area contributed by atoms with Gasteiger partial charge in [0.05, 0.1) is 24.9 Å². The normalized spacial score (nSPS) is 66.9. The highest BCUT2D eigenvalue weighted by Gasteiger charge is 2.86. The van der Waals surface area contributed by atoms with Gasteiger partial charge in [0.1, 0.15) is 30.0 Å². The second-order valence-corrected chi connectivity index (χ2v) is 18.4. The Morgan fingerprint density at radius 3 is 2.22 bits per heavy atom. The molecule has 5 saturated carbocycles. The molecule has 45 heavy (non-hydrogen) atoms. The molecule has 9 aliphatic rings. The van der Waals surface area contributed by atoms with Gasteiger partial charge in [-0.05, 0) is 90.8 Å². The van der Waals surface area contributed by atoms with Crippen molar-refractivity contribution in [3.63, 3.8) is 0 Å². The number of aliphatic hydroxyl groups is 5. The summed E-state index contributed by atoms with van der Waals surface area (Å²) in [5, 5.41) is 53.6. The fourth-order valence-electron chi connectivity index (χ4n) is 14.2. The van der Waals surface area contributed by atoms with Crippen LogP contribution in [0.25, 0.3) is 0 Å². The Kier molecular flexibility index (Phi) is 6.02. The molecule has 0 radical (unpaired) electrons. The molecule has 4 saturated heterocycles. The molecule has 4 aliphatic heterocycles. The van der Waals surface area contributed by atoms with Crippen LogP contribution in [0.5, 0.6) is 0 Å². The monoisotopic (exact) mass is 634 g/mol. The third-order valence-corrected chi connectivity index (χ3v) is 16.5. The molecular formula is C35H54O10. The van der Waals surface area contributed by atoms with Gasteiger partial charge in [0.25, 0.3) is 0 Å². The third-order valence-electron chi connectivity index (χ3n) is 16.5. The van der Waals surface area contributed by atoms with Crippen molar-refractivity contribution in [3.05, 3.63) is 0 Å². The van der Waals surface area contributed by atoms with E-state index in [1.165, 1.54) is 0 Å². The first kappa shape index (κ1) is 30.6. The molecule has 10 nitrogen and oxygen atoms in total. The second-order valence-electron chi connectivity index (χ2n) is 18.4. The molecule has 4 heterocycles. The molecule has 0 aromatic heterocycles. The highest BCUT2D eigenvalue weighted by Crippen LogP contribution is 2.89. The summed E-state index contributed by atoms with van der Waals surface area (Å²) in [6.45, 7) is 13.7. The first-order chi connectivity index (χ1) is 21.0. The van der Waals surface area contributed by atoms with Crippen LogP contribution in [-0.4, -0.2) is 98.8 Å². The minimum Gasteiger partial charge on any atom is -0.392 e. The van der Waals surface area contributed by atoms with Gasteiger partial charge in [-0.3, -0.25) is 0 Å². The van der Waals surface area contributed by atoms with Gasteiger partial charge in [-0.2, -0.15) is 0 Å². The zero-order valence-electron chi connectivity index (χ0n) is 27.6. The standard InChI is InChI=1S/C35H54O10/c1-16-12-35(27-32(6,44-27)28(40)45-35)43-18-13-31(5)20-8-7-19-29(2,3)22(42-26-25(39)24(38)17(36)14-41-26)11-21(37)34(19)15-33(20,34)10-9-30(31,4)23(16)18/h16-28,36-40H,7-15H2,1-6H3. The van der Waals surface area contributed by atoms with Crippen LogP contribution >= 0.6 is 0 Å². The Balaban J connectivity index is 0.994. The Morgan fingerprint density at radius 2 is 1.53 bits per heavy atom. The van der Waals surface area contributed by atoms with Crippen molar-refractivity contribution in [1.29, 1.82) is 0 Å². The van der Waals surface area contributed by atoms with Gasteiger partial charge in [-0.25, -0.2) is 0 Å². The van der Waals surface area contributed by atoms with Crippen LogP contribution in [0.1, 0.15) is 92.9 Å². The van der Waals surface area contributed by atoms with Crippen LogP contribution in [0, 0.1) is 50.7 Å². The summed E-state index contributed by atoms with van der Waals surface area (Å²) in [6.07, 6.45) is 0.714. The van der Waals surface area contributed by atoms with Crippen LogP contribution < -0.4 is 0 Å². The molecule has 0 aromatic rings. The SMILES string of the molecule is CC1CC2(OC3CC4(C)C5CCC6C(C)(C)C(OC7OCC(O)C(O)C7O)CC(O)C67CC57CCC4(C)C13)OC(O)C1(C)OC21. The molecule has 0 bridgehead atoms. The number of ether oxygens (including phenoxy) is 5. The van der Waals surface area contributed by atoms with Crippen molar-refractivity contribution < 1.29 is 49.2 Å². The minimum atomic E-state index is -1.34. The van der Waals surface area contributed by atoms with E-state index < -0.39 is 48.4 Å². The van der Waals surface area contributed by atoms with Gasteiger partial charge in [0.2, 0.25) is 5.79 Å². The predicted molar refractivity (Wildman–Crippen MR) is 158 cm³/mol. The lowest BCUT2D eigenvalue weighted by molar-refractivity contribution is -0.344. The van der Waals surface area contributed by atoms with Gasteiger partial charge in [0.15, 0.2) is 12.6 Å². The molecule has 5 aliphatic carbocycles. The molecule has 0 amide bonds. The van der Waals surface area contributed by atoms with Crippen molar-refractivity contribution in [2.45, 2.75) is 160 Å². The lowest BCUT2D eigenvalue weighted by atomic mass is 9.41. The van der Waals surface area contributed by atoms with Gasteiger partial charge in [-0.15, -0.1) is 0 Å². The number of epoxide rings is 1. The van der Waals surface area contributed by atoms with Crippen LogP contribution in [0.15, 0.2) is 0 Å². The quantitative estimate of drug-likeness (QED) is 0.226. The fourth-order valence-corrected chi connectivity index (χ4v) is 14.2. The van der Waals surface area contributed by atoms with E-state index >= 15 is 0 Å². The number of aliphatic hydroxyl groups excluding tert-OH is 5. The van der Waals surface area contributed by atoms with E-state index in [2.05, 4.69) is 34.6 Å². The highest BCUT2D eigenvalue weighted by molar-refractivity contribution is 5.33. The van der Waals surface area contributed by atoms with Gasteiger partial charge in [-0.1, -0.05) is 34.6 Å². The maximum atomic E-state index is 12.1. The first-order valence-corrected chi connectivity index (χ1v) is 17.7. The smallest absolute Gasteiger partial charge is 0.201 e. The molecule has 9 rings (SSSR count). The van der Waals surface area contributed by atoms with Gasteiger partial charge < -0.3 is 49.2 Å². The Morgan fingerprint density at radius 1 is 0.800 bits per heavy atom. The van der Waals surface area contributed by atoms with Crippen molar-refractivity contribution in [1.82, 2.24) is 0 Å². The molecule has 5 N–H and O–H groups in total. The molecule has 9 fully saturated rings. The Hall–Kier alpha value is -0.400. The van der Waals surface area contributed by atoms with Crippen molar-refractivity contribution in [2.24, 2.45) is 50.7 Å².